The summed E-state index contributed by atoms with van der Waals surface area (Å²) in [7, 11) is -7.95. The second-order valence-electron chi connectivity index (χ2n) is 5.08. The predicted octanol–water partition coefficient (Wildman–Crippen LogP) is 1.73. The van der Waals surface area contributed by atoms with Gasteiger partial charge in [-0.1, -0.05) is 0 Å². The summed E-state index contributed by atoms with van der Waals surface area (Å²) in [5.41, 5.74) is 0.445. The third-order valence-electron chi connectivity index (χ3n) is 3.46. The van der Waals surface area contributed by atoms with E-state index in [9.17, 15) is 21.4 Å². The summed E-state index contributed by atoms with van der Waals surface area (Å²) in [6.45, 7) is 0. The van der Waals surface area contributed by atoms with E-state index < -0.39 is 30.0 Å². The molecule has 0 spiro atoms. The van der Waals surface area contributed by atoms with E-state index in [-0.39, 0.29) is 16.9 Å². The number of aromatic nitrogens is 2. The molecule has 0 radical (unpaired) electrons. The first-order valence-corrected chi connectivity index (χ1v) is 9.61. The minimum Gasteiger partial charge on any atom is -0.497 e. The van der Waals surface area contributed by atoms with Crippen LogP contribution in [0.25, 0.3) is 22.4 Å². The maximum absolute atomic E-state index is 11.6. The van der Waals surface area contributed by atoms with Gasteiger partial charge in [-0.05, 0) is 36.4 Å². The van der Waals surface area contributed by atoms with E-state index in [2.05, 4.69) is 9.97 Å². The highest BCUT2D eigenvalue weighted by atomic mass is 32.2. The van der Waals surface area contributed by atoms with Crippen LogP contribution < -0.4 is 4.74 Å². The molecule has 3 N–H and O–H groups in total. The second kappa shape index (κ2) is 5.81. The molecule has 2 aromatic carbocycles. The van der Waals surface area contributed by atoms with Crippen LogP contribution in [0.2, 0.25) is 0 Å². The van der Waals surface area contributed by atoms with Crippen molar-refractivity contribution in [3.8, 4) is 17.1 Å². The molecular formula is C14H12N2O7S2. The fourth-order valence-corrected chi connectivity index (χ4v) is 3.58. The van der Waals surface area contributed by atoms with Crippen LogP contribution in [0.5, 0.6) is 5.75 Å². The first kappa shape index (κ1) is 17.4. The Morgan fingerprint density at radius 2 is 1.64 bits per heavy atom. The molecule has 0 saturated carbocycles. The number of imidazole rings is 1. The number of rotatable bonds is 4. The van der Waals surface area contributed by atoms with Crippen molar-refractivity contribution >= 4 is 31.3 Å². The number of fused-ring (bicyclic) bond motifs is 1. The Hall–Kier alpha value is -2.47. The van der Waals surface area contributed by atoms with Gasteiger partial charge in [-0.3, -0.25) is 9.11 Å². The fourth-order valence-electron chi connectivity index (χ4n) is 2.29. The molecule has 9 nitrogen and oxygen atoms in total. The highest BCUT2D eigenvalue weighted by Gasteiger charge is 2.23. The van der Waals surface area contributed by atoms with E-state index in [0.717, 1.165) is 6.07 Å². The molecule has 0 unspecified atom stereocenters. The molecule has 1 aromatic heterocycles. The number of hydrogen-bond acceptors (Lipinski definition) is 6. The average Bonchev–Trinajstić information content (AvgIpc) is 2.96. The molecule has 3 aromatic rings. The fraction of sp³-hybridized carbons (Fsp3) is 0.0714. The second-order valence-corrected chi connectivity index (χ2v) is 7.89. The van der Waals surface area contributed by atoms with E-state index in [1.165, 1.54) is 7.11 Å². The molecule has 0 aliphatic rings. The van der Waals surface area contributed by atoms with Crippen molar-refractivity contribution in [3.63, 3.8) is 0 Å². The van der Waals surface area contributed by atoms with Crippen molar-refractivity contribution in [2.45, 2.75) is 9.79 Å². The van der Waals surface area contributed by atoms with Crippen LogP contribution in [0.4, 0.5) is 0 Å². The van der Waals surface area contributed by atoms with Gasteiger partial charge in [0.25, 0.3) is 20.2 Å². The Kier molecular flexibility index (Phi) is 4.03. The van der Waals surface area contributed by atoms with Gasteiger partial charge in [-0.15, -0.1) is 0 Å². The number of methoxy groups -OCH3 is 1. The van der Waals surface area contributed by atoms with Crippen molar-refractivity contribution in [2.24, 2.45) is 0 Å². The van der Waals surface area contributed by atoms with Gasteiger partial charge in [0.1, 0.15) is 22.0 Å². The summed E-state index contributed by atoms with van der Waals surface area (Å²) in [6.07, 6.45) is 0. The van der Waals surface area contributed by atoms with Crippen LogP contribution >= 0.6 is 0 Å². The van der Waals surface area contributed by atoms with E-state index >= 15 is 0 Å². The maximum Gasteiger partial charge on any atom is 0.296 e. The van der Waals surface area contributed by atoms with Crippen molar-refractivity contribution < 1.29 is 30.7 Å². The lowest BCUT2D eigenvalue weighted by atomic mass is 10.2. The average molecular weight is 384 g/mol. The number of aromatic amines is 1. The third-order valence-corrected chi connectivity index (χ3v) is 5.16. The van der Waals surface area contributed by atoms with Gasteiger partial charge >= 0.3 is 0 Å². The summed E-state index contributed by atoms with van der Waals surface area (Å²) in [4.78, 5) is 5.48. The molecule has 0 atom stereocenters. The zero-order chi connectivity index (χ0) is 18.4. The van der Waals surface area contributed by atoms with Gasteiger partial charge in [-0.25, -0.2) is 4.98 Å². The van der Waals surface area contributed by atoms with E-state index in [0.29, 0.717) is 17.4 Å². The van der Waals surface area contributed by atoms with Gasteiger partial charge in [0, 0.05) is 5.56 Å². The molecule has 132 valence electrons. The zero-order valence-electron chi connectivity index (χ0n) is 12.7. The highest BCUT2D eigenvalue weighted by Crippen LogP contribution is 2.29. The number of H-pyrrole nitrogens is 1. The van der Waals surface area contributed by atoms with Crippen LogP contribution in [0.15, 0.2) is 46.2 Å². The molecule has 3 rings (SSSR count). The molecule has 1 heterocycles. The number of ether oxygens (including phenoxy) is 1. The lowest BCUT2D eigenvalue weighted by Gasteiger charge is -2.02. The van der Waals surface area contributed by atoms with E-state index in [4.69, 9.17) is 9.29 Å². The molecule has 0 aliphatic carbocycles. The maximum atomic E-state index is 11.6. The molecule has 11 heteroatoms. The minimum absolute atomic E-state index is 0.0218. The standard InChI is InChI=1S/C14H12N2O7S2/c1-23-9-4-2-8(3-5-9)14-15-11-6-10(24(17,18)19)7-12(13(11)16-14)25(20,21)22/h2-7H,1H3,(H,15,16)(H,17,18,19)(H,20,21,22). The van der Waals surface area contributed by atoms with Crippen molar-refractivity contribution in [1.29, 1.82) is 0 Å². The molecule has 25 heavy (non-hydrogen) atoms. The number of benzene rings is 2. The van der Waals surface area contributed by atoms with Gasteiger partial charge in [0.15, 0.2) is 0 Å². The lowest BCUT2D eigenvalue weighted by molar-refractivity contribution is 0.415. The van der Waals surface area contributed by atoms with Crippen molar-refractivity contribution in [2.75, 3.05) is 7.11 Å². The van der Waals surface area contributed by atoms with Gasteiger partial charge in [-0.2, -0.15) is 16.8 Å². The molecule has 0 fully saturated rings. The van der Waals surface area contributed by atoms with Gasteiger partial charge < -0.3 is 9.72 Å². The summed E-state index contributed by atoms with van der Waals surface area (Å²) in [5, 5.41) is 0. The topological polar surface area (TPSA) is 147 Å². The van der Waals surface area contributed by atoms with Crippen LogP contribution in [0, 0.1) is 0 Å². The Bertz CT molecular complexity index is 1160. The molecular weight excluding hydrogens is 372 g/mol. The quantitative estimate of drug-likeness (QED) is 0.576. The minimum atomic E-state index is -4.77. The molecule has 0 saturated heterocycles. The molecule has 0 aliphatic heterocycles. The summed E-state index contributed by atoms with van der Waals surface area (Å²) >= 11 is 0. The molecule has 0 amide bonds. The van der Waals surface area contributed by atoms with Crippen LogP contribution in [0.3, 0.4) is 0 Å². The van der Waals surface area contributed by atoms with Crippen LogP contribution in [-0.2, 0) is 20.2 Å². The summed E-state index contributed by atoms with van der Waals surface area (Å²) in [6, 6.07) is 8.32. The number of hydrogen-bond donors (Lipinski definition) is 3. The highest BCUT2D eigenvalue weighted by molar-refractivity contribution is 7.86. The Labute approximate surface area is 142 Å². The Morgan fingerprint density at radius 1 is 1.00 bits per heavy atom. The predicted molar refractivity (Wildman–Crippen MR) is 87.7 cm³/mol. The van der Waals surface area contributed by atoms with Crippen LogP contribution in [-0.4, -0.2) is 43.0 Å². The monoisotopic (exact) mass is 384 g/mol. The van der Waals surface area contributed by atoms with E-state index in [1.807, 2.05) is 0 Å². The van der Waals surface area contributed by atoms with Crippen molar-refractivity contribution in [1.82, 2.24) is 9.97 Å². The Balaban J connectivity index is 2.28. The molecule has 0 bridgehead atoms. The number of nitrogens with zero attached hydrogens (tertiary/aromatic N) is 1. The smallest absolute Gasteiger partial charge is 0.296 e. The Morgan fingerprint density at radius 3 is 2.16 bits per heavy atom. The SMILES string of the molecule is COc1ccc(-c2nc3c(S(=O)(=O)O)cc(S(=O)(=O)O)cc3[nH]2)cc1. The van der Waals surface area contributed by atoms with Gasteiger partial charge in [0.05, 0.1) is 17.5 Å². The zero-order valence-corrected chi connectivity index (χ0v) is 14.3. The lowest BCUT2D eigenvalue weighted by Crippen LogP contribution is -2.04. The van der Waals surface area contributed by atoms with Crippen LogP contribution in [0.1, 0.15) is 0 Å². The first-order chi connectivity index (χ1) is 11.6. The third kappa shape index (κ3) is 3.35. The van der Waals surface area contributed by atoms with Crippen molar-refractivity contribution in [3.05, 3.63) is 36.4 Å². The normalized spacial score (nSPS) is 12.4. The van der Waals surface area contributed by atoms with E-state index in [1.54, 1.807) is 24.3 Å². The number of nitrogens with one attached hydrogen (secondary N) is 1. The first-order valence-electron chi connectivity index (χ1n) is 6.73. The summed E-state index contributed by atoms with van der Waals surface area (Å²) in [5.74, 6) is 0.849. The largest absolute Gasteiger partial charge is 0.497 e. The summed E-state index contributed by atoms with van der Waals surface area (Å²) < 4.78 is 69.4. The van der Waals surface area contributed by atoms with Gasteiger partial charge in [0.2, 0.25) is 0 Å².